The van der Waals surface area contributed by atoms with Crippen molar-refractivity contribution < 1.29 is 4.39 Å². The Bertz CT molecular complexity index is 443. The van der Waals surface area contributed by atoms with Crippen LogP contribution in [0.15, 0.2) is 16.9 Å². The number of nitrogens with one attached hydrogen (secondary N) is 1. The van der Waals surface area contributed by atoms with E-state index in [1.807, 2.05) is 6.92 Å². The molecule has 0 unspecified atom stereocenters. The number of fused-ring (bicyclic) bond motifs is 1. The first kappa shape index (κ1) is 7.49. The van der Waals surface area contributed by atoms with Gasteiger partial charge in [-0.15, -0.1) is 0 Å². The molecule has 12 heavy (non-hydrogen) atoms. The summed E-state index contributed by atoms with van der Waals surface area (Å²) < 4.78 is 13.7. The van der Waals surface area contributed by atoms with Crippen LogP contribution in [-0.4, -0.2) is 4.98 Å². The van der Waals surface area contributed by atoms with Gasteiger partial charge in [0, 0.05) is 0 Å². The molecule has 0 bridgehead atoms. The van der Waals surface area contributed by atoms with Crippen LogP contribution in [0.4, 0.5) is 4.39 Å². The zero-order valence-corrected chi connectivity index (χ0v) is 7.17. The fraction of sp³-hybridized carbons (Fsp3) is 0.125. The summed E-state index contributed by atoms with van der Waals surface area (Å²) in [5.41, 5.74) is 1.25. The molecule has 1 N–H and O–H groups in total. The van der Waals surface area contributed by atoms with Gasteiger partial charge in [0.05, 0.1) is 10.2 Å². The van der Waals surface area contributed by atoms with E-state index in [0.717, 1.165) is 16.9 Å². The van der Waals surface area contributed by atoms with Crippen LogP contribution < -0.4 is 4.87 Å². The van der Waals surface area contributed by atoms with Gasteiger partial charge >= 0.3 is 4.87 Å². The Morgan fingerprint density at radius 2 is 2.25 bits per heavy atom. The second-order valence-corrected chi connectivity index (χ2v) is 3.57. The highest BCUT2D eigenvalue weighted by molar-refractivity contribution is 7.16. The van der Waals surface area contributed by atoms with Gasteiger partial charge in [-0.3, -0.25) is 4.79 Å². The highest BCUT2D eigenvalue weighted by atomic mass is 32.1. The zero-order valence-electron chi connectivity index (χ0n) is 6.35. The highest BCUT2D eigenvalue weighted by Crippen LogP contribution is 2.21. The van der Waals surface area contributed by atoms with Gasteiger partial charge < -0.3 is 4.98 Å². The Morgan fingerprint density at radius 3 is 2.92 bits per heavy atom. The van der Waals surface area contributed by atoms with Crippen LogP contribution in [0.1, 0.15) is 5.56 Å². The maximum absolute atomic E-state index is 13.0. The molecule has 62 valence electrons. The van der Waals surface area contributed by atoms with E-state index in [0.29, 0.717) is 10.2 Å². The number of aromatic nitrogens is 1. The predicted molar refractivity (Wildman–Crippen MR) is 47.1 cm³/mol. The van der Waals surface area contributed by atoms with Crippen molar-refractivity contribution in [2.45, 2.75) is 6.92 Å². The zero-order chi connectivity index (χ0) is 8.72. The predicted octanol–water partition coefficient (Wildman–Crippen LogP) is 2.04. The maximum atomic E-state index is 13.0. The maximum Gasteiger partial charge on any atom is 0.305 e. The van der Waals surface area contributed by atoms with E-state index < -0.39 is 0 Å². The van der Waals surface area contributed by atoms with Crippen LogP contribution in [0.3, 0.4) is 0 Å². The molecule has 0 aliphatic rings. The van der Waals surface area contributed by atoms with E-state index in [2.05, 4.69) is 4.98 Å². The number of aromatic amines is 1. The number of H-pyrrole nitrogens is 1. The number of thiazole rings is 1. The Kier molecular flexibility index (Phi) is 1.51. The summed E-state index contributed by atoms with van der Waals surface area (Å²) >= 11 is 1.04. The third-order valence-electron chi connectivity index (χ3n) is 1.73. The minimum absolute atomic E-state index is 0.210. The van der Waals surface area contributed by atoms with Gasteiger partial charge in [-0.1, -0.05) is 17.4 Å². The van der Waals surface area contributed by atoms with Crippen LogP contribution >= 0.6 is 11.3 Å². The molecule has 0 spiro atoms. The van der Waals surface area contributed by atoms with Crippen molar-refractivity contribution in [3.05, 3.63) is 33.2 Å². The molecule has 1 aromatic carbocycles. The molecular weight excluding hydrogens is 177 g/mol. The lowest BCUT2D eigenvalue weighted by molar-refractivity contribution is 0.637. The third kappa shape index (κ3) is 0.956. The van der Waals surface area contributed by atoms with Crippen molar-refractivity contribution in [1.29, 1.82) is 0 Å². The van der Waals surface area contributed by atoms with Crippen LogP contribution in [0, 0.1) is 12.7 Å². The van der Waals surface area contributed by atoms with Crippen molar-refractivity contribution in [3.63, 3.8) is 0 Å². The fourth-order valence-corrected chi connectivity index (χ4v) is 1.95. The molecule has 2 aromatic rings. The average molecular weight is 183 g/mol. The second kappa shape index (κ2) is 2.42. The topological polar surface area (TPSA) is 32.9 Å². The van der Waals surface area contributed by atoms with E-state index in [4.69, 9.17) is 0 Å². The second-order valence-electron chi connectivity index (χ2n) is 2.58. The Morgan fingerprint density at radius 1 is 1.50 bits per heavy atom. The van der Waals surface area contributed by atoms with Crippen molar-refractivity contribution in [2.24, 2.45) is 0 Å². The number of benzene rings is 1. The summed E-state index contributed by atoms with van der Waals surface area (Å²) in [7, 11) is 0. The van der Waals surface area contributed by atoms with Gasteiger partial charge in [0.1, 0.15) is 5.82 Å². The molecule has 0 radical (unpaired) electrons. The molecule has 0 saturated carbocycles. The van der Waals surface area contributed by atoms with E-state index >= 15 is 0 Å². The van der Waals surface area contributed by atoms with E-state index in [1.165, 1.54) is 6.07 Å². The molecule has 1 heterocycles. The molecule has 1 aromatic heterocycles. The monoisotopic (exact) mass is 183 g/mol. The van der Waals surface area contributed by atoms with Gasteiger partial charge in [-0.05, 0) is 18.6 Å². The van der Waals surface area contributed by atoms with Gasteiger partial charge in [0.2, 0.25) is 0 Å². The molecule has 0 fully saturated rings. The Hall–Kier alpha value is -1.16. The molecule has 0 aliphatic carbocycles. The summed E-state index contributed by atoms with van der Waals surface area (Å²) in [6.45, 7) is 1.85. The molecule has 0 atom stereocenters. The number of hydrogen-bond acceptors (Lipinski definition) is 2. The fourth-order valence-electron chi connectivity index (χ4n) is 1.13. The number of rotatable bonds is 0. The quantitative estimate of drug-likeness (QED) is 0.666. The van der Waals surface area contributed by atoms with Crippen LogP contribution in [0.5, 0.6) is 0 Å². The molecule has 2 nitrogen and oxygen atoms in total. The summed E-state index contributed by atoms with van der Waals surface area (Å²) in [6, 6.07) is 3.03. The average Bonchev–Trinajstić information content (AvgIpc) is 2.41. The largest absolute Gasteiger partial charge is 0.310 e. The van der Waals surface area contributed by atoms with Gasteiger partial charge in [0.15, 0.2) is 0 Å². The summed E-state index contributed by atoms with van der Waals surface area (Å²) in [5.74, 6) is -0.367. The number of aryl methyl sites for hydroxylation is 1. The first-order valence-electron chi connectivity index (χ1n) is 3.46. The third-order valence-corrected chi connectivity index (χ3v) is 2.74. The molecule has 4 heteroatoms. The lowest BCUT2D eigenvalue weighted by atomic mass is 10.2. The lowest BCUT2D eigenvalue weighted by Gasteiger charge is -1.93. The van der Waals surface area contributed by atoms with Crippen molar-refractivity contribution in [2.75, 3.05) is 0 Å². The summed E-state index contributed by atoms with van der Waals surface area (Å²) in [5, 5.41) is 0. The standard InChI is InChI=1S/C8H6FNOS/c1-4-2-3-5(9)6-7(4)12-8(11)10-6/h2-3H,1H3,(H,10,11). The number of halogens is 1. The van der Waals surface area contributed by atoms with Crippen LogP contribution in [0.25, 0.3) is 10.2 Å². The van der Waals surface area contributed by atoms with Crippen LogP contribution in [-0.2, 0) is 0 Å². The Balaban J connectivity index is 3.03. The van der Waals surface area contributed by atoms with E-state index in [1.54, 1.807) is 6.07 Å². The minimum atomic E-state index is -0.367. The molecular formula is C8H6FNOS. The molecule has 0 saturated heterocycles. The normalized spacial score (nSPS) is 10.8. The molecule has 0 aliphatic heterocycles. The SMILES string of the molecule is Cc1ccc(F)c2[nH]c(=O)sc12. The van der Waals surface area contributed by atoms with E-state index in [-0.39, 0.29) is 10.7 Å². The van der Waals surface area contributed by atoms with Crippen LogP contribution in [0.2, 0.25) is 0 Å². The summed E-state index contributed by atoms with van der Waals surface area (Å²) in [6.07, 6.45) is 0. The van der Waals surface area contributed by atoms with Crippen molar-refractivity contribution >= 4 is 21.6 Å². The van der Waals surface area contributed by atoms with Crippen molar-refractivity contribution in [1.82, 2.24) is 4.98 Å². The highest BCUT2D eigenvalue weighted by Gasteiger charge is 2.06. The van der Waals surface area contributed by atoms with Gasteiger partial charge in [0.25, 0.3) is 0 Å². The summed E-state index contributed by atoms with van der Waals surface area (Å²) in [4.78, 5) is 13.1. The smallest absolute Gasteiger partial charge is 0.305 e. The molecule has 0 amide bonds. The molecule has 2 rings (SSSR count). The Labute approximate surface area is 71.7 Å². The number of hydrogen-bond donors (Lipinski definition) is 1. The van der Waals surface area contributed by atoms with Gasteiger partial charge in [-0.25, -0.2) is 4.39 Å². The first-order chi connectivity index (χ1) is 5.68. The van der Waals surface area contributed by atoms with Gasteiger partial charge in [-0.2, -0.15) is 0 Å². The van der Waals surface area contributed by atoms with Crippen molar-refractivity contribution in [3.8, 4) is 0 Å². The minimum Gasteiger partial charge on any atom is -0.310 e. The van der Waals surface area contributed by atoms with E-state index in [9.17, 15) is 9.18 Å². The lowest BCUT2D eigenvalue weighted by Crippen LogP contribution is -1.90. The first-order valence-corrected chi connectivity index (χ1v) is 4.28.